The van der Waals surface area contributed by atoms with Gasteiger partial charge in [0.1, 0.15) is 0 Å². The first-order chi connectivity index (χ1) is 6.75. The number of hydrogen-bond donors (Lipinski definition) is 1. The maximum atomic E-state index is 5.94. The Bertz CT molecular complexity index is 179. The van der Waals surface area contributed by atoms with E-state index < -0.39 is 0 Å². The molecule has 0 spiro atoms. The Kier molecular flexibility index (Phi) is 3.42. The molecule has 0 aromatic carbocycles. The zero-order valence-electron chi connectivity index (χ0n) is 9.28. The van der Waals surface area contributed by atoms with E-state index in [1.54, 1.807) is 0 Å². The molecule has 2 rings (SSSR count). The summed E-state index contributed by atoms with van der Waals surface area (Å²) < 4.78 is 0. The summed E-state index contributed by atoms with van der Waals surface area (Å²) in [5, 5.41) is 0. The molecular formula is C11H23N3. The first-order valence-electron chi connectivity index (χ1n) is 5.97. The molecule has 2 aliphatic heterocycles. The van der Waals surface area contributed by atoms with Gasteiger partial charge in [-0.15, -0.1) is 0 Å². The van der Waals surface area contributed by atoms with Crippen molar-refractivity contribution in [2.45, 2.75) is 38.3 Å². The second-order valence-electron chi connectivity index (χ2n) is 4.86. The van der Waals surface area contributed by atoms with Crippen LogP contribution in [-0.4, -0.2) is 54.6 Å². The third kappa shape index (κ3) is 2.47. The molecule has 2 N–H and O–H groups in total. The minimum atomic E-state index is 0.449. The smallest absolute Gasteiger partial charge is 0.0112 e. The summed E-state index contributed by atoms with van der Waals surface area (Å²) in [7, 11) is 0. The number of rotatable bonds is 3. The number of likely N-dealkylation sites (tertiary alicyclic amines) is 2. The standard InChI is InChI=1S/C11H23N3/c1-10-9-11(12)3-6-14(10)8-7-13-4-2-5-13/h10-11H,2-9,12H2,1H3. The first-order valence-corrected chi connectivity index (χ1v) is 5.97. The molecule has 2 aliphatic rings. The molecule has 2 fully saturated rings. The van der Waals surface area contributed by atoms with Crippen LogP contribution in [0.2, 0.25) is 0 Å². The molecule has 2 unspecified atom stereocenters. The molecule has 2 heterocycles. The molecule has 0 aromatic heterocycles. The predicted octanol–water partition coefficient (Wildman–Crippen LogP) is 0.504. The van der Waals surface area contributed by atoms with Gasteiger partial charge in [0.2, 0.25) is 0 Å². The fourth-order valence-corrected chi connectivity index (χ4v) is 2.46. The zero-order valence-corrected chi connectivity index (χ0v) is 9.28. The van der Waals surface area contributed by atoms with E-state index in [1.165, 1.54) is 52.0 Å². The maximum absolute atomic E-state index is 5.94. The van der Waals surface area contributed by atoms with Crippen LogP contribution in [0.1, 0.15) is 26.2 Å². The Morgan fingerprint density at radius 3 is 2.57 bits per heavy atom. The number of piperidine rings is 1. The molecule has 0 radical (unpaired) electrons. The van der Waals surface area contributed by atoms with Gasteiger partial charge in [0.05, 0.1) is 0 Å². The summed E-state index contributed by atoms with van der Waals surface area (Å²) in [5.41, 5.74) is 5.94. The number of nitrogens with zero attached hydrogens (tertiary/aromatic N) is 2. The van der Waals surface area contributed by atoms with Crippen molar-refractivity contribution < 1.29 is 0 Å². The van der Waals surface area contributed by atoms with Gasteiger partial charge < -0.3 is 10.6 Å². The summed E-state index contributed by atoms with van der Waals surface area (Å²) in [6, 6.07) is 1.14. The molecule has 82 valence electrons. The minimum absolute atomic E-state index is 0.449. The monoisotopic (exact) mass is 197 g/mol. The van der Waals surface area contributed by atoms with Gasteiger partial charge >= 0.3 is 0 Å². The Morgan fingerprint density at radius 1 is 1.21 bits per heavy atom. The van der Waals surface area contributed by atoms with E-state index in [-0.39, 0.29) is 0 Å². The van der Waals surface area contributed by atoms with Gasteiger partial charge in [-0.25, -0.2) is 0 Å². The lowest BCUT2D eigenvalue weighted by atomic mass is 9.99. The molecule has 0 saturated carbocycles. The second kappa shape index (κ2) is 4.60. The molecule has 3 nitrogen and oxygen atoms in total. The Hall–Kier alpha value is -0.120. The summed E-state index contributed by atoms with van der Waals surface area (Å²) >= 11 is 0. The van der Waals surface area contributed by atoms with E-state index in [0.717, 1.165) is 0 Å². The lowest BCUT2D eigenvalue weighted by Crippen LogP contribution is -2.49. The van der Waals surface area contributed by atoms with Crippen LogP contribution < -0.4 is 5.73 Å². The van der Waals surface area contributed by atoms with Gasteiger partial charge in [-0.05, 0) is 45.8 Å². The summed E-state index contributed by atoms with van der Waals surface area (Å²) in [6.07, 6.45) is 3.77. The van der Waals surface area contributed by atoms with E-state index in [4.69, 9.17) is 5.73 Å². The zero-order chi connectivity index (χ0) is 9.97. The van der Waals surface area contributed by atoms with Gasteiger partial charge in [0.25, 0.3) is 0 Å². The van der Waals surface area contributed by atoms with E-state index in [0.29, 0.717) is 12.1 Å². The fourth-order valence-electron chi connectivity index (χ4n) is 2.46. The van der Waals surface area contributed by atoms with Crippen LogP contribution in [0.25, 0.3) is 0 Å². The molecule has 0 amide bonds. The highest BCUT2D eigenvalue weighted by Gasteiger charge is 2.23. The van der Waals surface area contributed by atoms with Gasteiger partial charge in [-0.1, -0.05) is 0 Å². The molecule has 2 saturated heterocycles. The quantitative estimate of drug-likeness (QED) is 0.715. The molecule has 3 heteroatoms. The lowest BCUT2D eigenvalue weighted by molar-refractivity contribution is 0.104. The van der Waals surface area contributed by atoms with Gasteiger partial charge in [0.15, 0.2) is 0 Å². The van der Waals surface area contributed by atoms with Crippen LogP contribution in [0.3, 0.4) is 0 Å². The number of nitrogens with two attached hydrogens (primary N) is 1. The number of hydrogen-bond acceptors (Lipinski definition) is 3. The Morgan fingerprint density at radius 2 is 2.00 bits per heavy atom. The summed E-state index contributed by atoms with van der Waals surface area (Å²) in [4.78, 5) is 5.14. The van der Waals surface area contributed by atoms with Crippen molar-refractivity contribution >= 4 is 0 Å². The third-order valence-corrected chi connectivity index (χ3v) is 3.71. The van der Waals surface area contributed by atoms with Crippen LogP contribution in [0.4, 0.5) is 0 Å². The van der Waals surface area contributed by atoms with Gasteiger partial charge in [-0.3, -0.25) is 4.90 Å². The summed E-state index contributed by atoms with van der Waals surface area (Å²) in [5.74, 6) is 0. The normalized spacial score (nSPS) is 35.6. The van der Waals surface area contributed by atoms with Crippen molar-refractivity contribution in [2.24, 2.45) is 5.73 Å². The lowest BCUT2D eigenvalue weighted by Gasteiger charge is -2.39. The van der Waals surface area contributed by atoms with Crippen molar-refractivity contribution in [3.05, 3.63) is 0 Å². The predicted molar refractivity (Wildman–Crippen MR) is 59.3 cm³/mol. The Labute approximate surface area is 87.2 Å². The van der Waals surface area contributed by atoms with Crippen molar-refractivity contribution in [3.8, 4) is 0 Å². The van der Waals surface area contributed by atoms with E-state index in [9.17, 15) is 0 Å². The first kappa shape index (κ1) is 10.4. The highest BCUT2D eigenvalue weighted by atomic mass is 15.2. The van der Waals surface area contributed by atoms with Crippen LogP contribution in [0, 0.1) is 0 Å². The van der Waals surface area contributed by atoms with Gasteiger partial charge in [0, 0.05) is 25.2 Å². The van der Waals surface area contributed by atoms with Crippen molar-refractivity contribution in [2.75, 3.05) is 32.7 Å². The molecular weight excluding hydrogens is 174 g/mol. The molecule has 14 heavy (non-hydrogen) atoms. The Balaban J connectivity index is 1.68. The van der Waals surface area contributed by atoms with Gasteiger partial charge in [-0.2, -0.15) is 0 Å². The highest BCUT2D eigenvalue weighted by molar-refractivity contribution is 4.81. The topological polar surface area (TPSA) is 32.5 Å². The molecule has 0 aliphatic carbocycles. The second-order valence-corrected chi connectivity index (χ2v) is 4.86. The molecule has 0 aromatic rings. The SMILES string of the molecule is CC1CC(N)CCN1CCN1CCC1. The van der Waals surface area contributed by atoms with Crippen LogP contribution in [-0.2, 0) is 0 Å². The van der Waals surface area contributed by atoms with Crippen molar-refractivity contribution in [1.29, 1.82) is 0 Å². The van der Waals surface area contributed by atoms with Crippen molar-refractivity contribution in [1.82, 2.24) is 9.80 Å². The average Bonchev–Trinajstić information content (AvgIpc) is 2.05. The van der Waals surface area contributed by atoms with E-state index >= 15 is 0 Å². The highest BCUT2D eigenvalue weighted by Crippen LogP contribution is 2.16. The van der Waals surface area contributed by atoms with Crippen LogP contribution >= 0.6 is 0 Å². The summed E-state index contributed by atoms with van der Waals surface area (Å²) in [6.45, 7) is 8.67. The molecule has 2 atom stereocenters. The molecule has 0 bridgehead atoms. The third-order valence-electron chi connectivity index (χ3n) is 3.71. The van der Waals surface area contributed by atoms with E-state index in [1.807, 2.05) is 0 Å². The fraction of sp³-hybridized carbons (Fsp3) is 1.00. The maximum Gasteiger partial charge on any atom is 0.0112 e. The van der Waals surface area contributed by atoms with Crippen molar-refractivity contribution in [3.63, 3.8) is 0 Å². The minimum Gasteiger partial charge on any atom is -0.328 e. The van der Waals surface area contributed by atoms with E-state index in [2.05, 4.69) is 16.7 Å². The van der Waals surface area contributed by atoms with Crippen LogP contribution in [0.15, 0.2) is 0 Å². The largest absolute Gasteiger partial charge is 0.328 e. The van der Waals surface area contributed by atoms with Crippen LogP contribution in [0.5, 0.6) is 0 Å². The average molecular weight is 197 g/mol.